The van der Waals surface area contributed by atoms with Crippen molar-refractivity contribution in [3.63, 3.8) is 0 Å². The van der Waals surface area contributed by atoms with E-state index in [9.17, 15) is 9.59 Å². The van der Waals surface area contributed by atoms with Gasteiger partial charge in [0.2, 0.25) is 0 Å². The Balaban J connectivity index is 1.92. The quantitative estimate of drug-likeness (QED) is 0.491. The molecule has 6 nitrogen and oxygen atoms in total. The van der Waals surface area contributed by atoms with E-state index in [4.69, 9.17) is 14.2 Å². The molecule has 180 valence electrons. The molecule has 1 unspecified atom stereocenters. The second-order valence-electron chi connectivity index (χ2n) is 9.09. The van der Waals surface area contributed by atoms with E-state index in [-0.39, 0.29) is 5.97 Å². The summed E-state index contributed by atoms with van der Waals surface area (Å²) in [4.78, 5) is 30.5. The Morgan fingerprint density at radius 2 is 1.85 bits per heavy atom. The number of aliphatic imine (C=N–C) groups is 1. The molecule has 1 atom stereocenters. The van der Waals surface area contributed by atoms with E-state index in [0.717, 1.165) is 29.1 Å². The van der Waals surface area contributed by atoms with Gasteiger partial charge in [-0.1, -0.05) is 12.1 Å². The number of rotatable bonds is 8. The summed E-state index contributed by atoms with van der Waals surface area (Å²) >= 11 is 3.32. The van der Waals surface area contributed by atoms with Crippen molar-refractivity contribution in [3.8, 4) is 5.75 Å². The summed E-state index contributed by atoms with van der Waals surface area (Å²) in [5.41, 5.74) is 0.0795. The molecule has 2 heterocycles. The zero-order valence-electron chi connectivity index (χ0n) is 20.0. The summed E-state index contributed by atoms with van der Waals surface area (Å²) in [6.45, 7) is 7.73. The molecule has 2 aliphatic rings. The fraction of sp³-hybridized carbons (Fsp3) is 0.560. The number of esters is 2. The number of methoxy groups -OCH3 is 1. The second-order valence-corrected chi connectivity index (χ2v) is 12.1. The summed E-state index contributed by atoms with van der Waals surface area (Å²) in [5, 5.41) is 0. The molecular weight excluding hydrogens is 458 g/mol. The Kier molecular flexibility index (Phi) is 8.22. The van der Waals surface area contributed by atoms with Gasteiger partial charge in [-0.25, -0.2) is 9.59 Å². The molecule has 0 amide bonds. The molecule has 1 aromatic carbocycles. The van der Waals surface area contributed by atoms with Crippen LogP contribution in [-0.4, -0.2) is 58.6 Å². The van der Waals surface area contributed by atoms with Gasteiger partial charge in [0, 0.05) is 19.1 Å². The van der Waals surface area contributed by atoms with Crippen molar-refractivity contribution < 1.29 is 23.8 Å². The SMILES string of the molecule is CCOC(=O)C1(Cc2ccc(OC)c(CC3(C(=O)OC(C)(C)C)C=CC=N3)c2)SCCCS1. The monoisotopic (exact) mass is 491 g/mol. The van der Waals surface area contributed by atoms with Crippen LogP contribution in [0.3, 0.4) is 0 Å². The summed E-state index contributed by atoms with van der Waals surface area (Å²) in [6.07, 6.45) is 7.10. The van der Waals surface area contributed by atoms with Crippen LogP contribution in [0.15, 0.2) is 35.3 Å². The van der Waals surface area contributed by atoms with Gasteiger partial charge in [0.05, 0.1) is 13.7 Å². The third-order valence-corrected chi connectivity index (χ3v) is 8.55. The minimum atomic E-state index is -1.13. The van der Waals surface area contributed by atoms with Gasteiger partial charge >= 0.3 is 11.9 Å². The highest BCUT2D eigenvalue weighted by atomic mass is 32.2. The van der Waals surface area contributed by atoms with Gasteiger partial charge < -0.3 is 14.2 Å². The highest BCUT2D eigenvalue weighted by molar-refractivity contribution is 8.19. The standard InChI is InChI=1S/C25H33NO5S2/c1-6-30-22(28)25(32-13-8-14-33-25)16-18-9-10-20(29-5)19(15-18)17-24(11-7-12-26-24)21(27)31-23(2,3)4/h7,9-12,15H,6,8,13-14,16-17H2,1-5H3. The highest BCUT2D eigenvalue weighted by Crippen LogP contribution is 2.46. The smallest absolute Gasteiger partial charge is 0.338 e. The molecule has 0 saturated carbocycles. The summed E-state index contributed by atoms with van der Waals surface area (Å²) in [7, 11) is 1.61. The van der Waals surface area contributed by atoms with Gasteiger partial charge in [-0.3, -0.25) is 4.99 Å². The van der Waals surface area contributed by atoms with Crippen LogP contribution in [0.4, 0.5) is 0 Å². The molecule has 2 aliphatic heterocycles. The number of benzene rings is 1. The third kappa shape index (κ3) is 6.15. The molecule has 0 aromatic heterocycles. The minimum Gasteiger partial charge on any atom is -0.496 e. The first-order chi connectivity index (χ1) is 15.6. The lowest BCUT2D eigenvalue weighted by molar-refractivity contribution is -0.159. The van der Waals surface area contributed by atoms with Gasteiger partial charge in [-0.15, -0.1) is 23.5 Å². The van der Waals surface area contributed by atoms with Crippen LogP contribution in [0.2, 0.25) is 0 Å². The maximum Gasteiger partial charge on any atom is 0.338 e. The van der Waals surface area contributed by atoms with E-state index in [2.05, 4.69) is 4.99 Å². The number of carbonyl (C=O) groups excluding carboxylic acids is 2. The number of thioether (sulfide) groups is 2. The molecule has 1 aromatic rings. The Labute approximate surface area is 204 Å². The molecule has 33 heavy (non-hydrogen) atoms. The summed E-state index contributed by atoms with van der Waals surface area (Å²) < 4.78 is 16.1. The van der Waals surface area contributed by atoms with Gasteiger partial charge in [0.25, 0.3) is 0 Å². The van der Waals surface area contributed by atoms with Gasteiger partial charge in [0.15, 0.2) is 9.62 Å². The van der Waals surface area contributed by atoms with Crippen molar-refractivity contribution >= 4 is 41.7 Å². The first-order valence-corrected chi connectivity index (χ1v) is 13.2. The van der Waals surface area contributed by atoms with Crippen LogP contribution < -0.4 is 4.74 Å². The van der Waals surface area contributed by atoms with Crippen molar-refractivity contribution in [3.05, 3.63) is 41.5 Å². The van der Waals surface area contributed by atoms with Gasteiger partial charge in [0.1, 0.15) is 11.4 Å². The van der Waals surface area contributed by atoms with Crippen LogP contribution >= 0.6 is 23.5 Å². The normalized spacial score (nSPS) is 21.6. The van der Waals surface area contributed by atoms with Crippen LogP contribution in [0.25, 0.3) is 0 Å². The molecule has 1 fully saturated rings. The molecule has 8 heteroatoms. The predicted molar refractivity (Wildman–Crippen MR) is 136 cm³/mol. The van der Waals surface area contributed by atoms with E-state index >= 15 is 0 Å². The highest BCUT2D eigenvalue weighted by Gasteiger charge is 2.44. The Hall–Kier alpha value is -1.93. The fourth-order valence-electron chi connectivity index (χ4n) is 3.83. The van der Waals surface area contributed by atoms with Crippen LogP contribution in [-0.2, 0) is 31.9 Å². The third-order valence-electron chi connectivity index (χ3n) is 5.30. The molecule has 0 spiro atoms. The summed E-state index contributed by atoms with van der Waals surface area (Å²) in [6, 6.07) is 5.89. The van der Waals surface area contributed by atoms with Crippen molar-refractivity contribution in [2.24, 2.45) is 4.99 Å². The van der Waals surface area contributed by atoms with E-state index in [1.165, 1.54) is 0 Å². The zero-order chi connectivity index (χ0) is 24.1. The number of hydrogen-bond acceptors (Lipinski definition) is 8. The number of nitrogens with zero attached hydrogens (tertiary/aromatic N) is 1. The van der Waals surface area contributed by atoms with Crippen molar-refractivity contribution in [1.29, 1.82) is 0 Å². The lowest BCUT2D eigenvalue weighted by Gasteiger charge is -2.34. The van der Waals surface area contributed by atoms with E-state index < -0.39 is 21.2 Å². The number of hydrogen-bond donors (Lipinski definition) is 0. The Morgan fingerprint density at radius 3 is 2.42 bits per heavy atom. The number of ether oxygens (including phenoxy) is 3. The van der Waals surface area contributed by atoms with Gasteiger partial charge in [-0.05, 0) is 75.0 Å². The number of carbonyl (C=O) groups is 2. The molecular formula is C25H33NO5S2. The Morgan fingerprint density at radius 1 is 1.12 bits per heavy atom. The maximum atomic E-state index is 13.1. The molecule has 1 saturated heterocycles. The molecule has 0 N–H and O–H groups in total. The molecule has 3 rings (SSSR count). The summed E-state index contributed by atoms with van der Waals surface area (Å²) in [5.74, 6) is 1.96. The topological polar surface area (TPSA) is 74.2 Å². The molecule has 0 radical (unpaired) electrons. The average molecular weight is 492 g/mol. The van der Waals surface area contributed by atoms with E-state index in [1.807, 2.05) is 45.9 Å². The molecule has 0 bridgehead atoms. The predicted octanol–water partition coefficient (Wildman–Crippen LogP) is 4.63. The zero-order valence-corrected chi connectivity index (χ0v) is 21.6. The fourth-order valence-corrected chi connectivity index (χ4v) is 6.98. The van der Waals surface area contributed by atoms with Crippen LogP contribution in [0.1, 0.15) is 45.2 Å². The van der Waals surface area contributed by atoms with Crippen LogP contribution in [0.5, 0.6) is 5.75 Å². The van der Waals surface area contributed by atoms with Gasteiger partial charge in [-0.2, -0.15) is 0 Å². The van der Waals surface area contributed by atoms with Crippen molar-refractivity contribution in [2.45, 2.75) is 62.2 Å². The first kappa shape index (κ1) is 25.7. The Bertz CT molecular complexity index is 917. The molecule has 0 aliphatic carbocycles. The minimum absolute atomic E-state index is 0.175. The maximum absolute atomic E-state index is 13.1. The largest absolute Gasteiger partial charge is 0.496 e. The first-order valence-electron chi connectivity index (χ1n) is 11.2. The van der Waals surface area contributed by atoms with Crippen molar-refractivity contribution in [2.75, 3.05) is 25.2 Å². The lowest BCUT2D eigenvalue weighted by atomic mass is 9.90. The van der Waals surface area contributed by atoms with Crippen molar-refractivity contribution in [1.82, 2.24) is 0 Å². The van der Waals surface area contributed by atoms with Crippen LogP contribution in [0, 0.1) is 0 Å². The van der Waals surface area contributed by atoms with E-state index in [0.29, 0.717) is 25.2 Å². The number of allylic oxidation sites excluding steroid dienone is 1. The van der Waals surface area contributed by atoms with E-state index in [1.54, 1.807) is 49.0 Å². The lowest BCUT2D eigenvalue weighted by Crippen LogP contribution is -2.41. The average Bonchev–Trinajstić information content (AvgIpc) is 3.23. The second kappa shape index (κ2) is 10.6.